The highest BCUT2D eigenvalue weighted by molar-refractivity contribution is 5.76. The summed E-state index contributed by atoms with van der Waals surface area (Å²) in [6.45, 7) is 4.90. The second-order valence-corrected chi connectivity index (χ2v) is 7.39. The lowest BCUT2D eigenvalue weighted by atomic mass is 10.1. The summed E-state index contributed by atoms with van der Waals surface area (Å²) in [5, 5.41) is 2.92. The Morgan fingerprint density at radius 1 is 1.18 bits per heavy atom. The van der Waals surface area contributed by atoms with Crippen LogP contribution >= 0.6 is 0 Å². The predicted molar refractivity (Wildman–Crippen MR) is 111 cm³/mol. The monoisotopic (exact) mass is 390 g/mol. The van der Waals surface area contributed by atoms with Gasteiger partial charge >= 0.3 is 5.97 Å². The van der Waals surface area contributed by atoms with Crippen molar-refractivity contribution in [1.82, 2.24) is 10.2 Å². The molecule has 1 N–H and O–H groups in total. The van der Waals surface area contributed by atoms with Crippen LogP contribution in [0.4, 0.5) is 0 Å². The number of nitrogens with one attached hydrogen (secondary N) is 1. The van der Waals surface area contributed by atoms with Gasteiger partial charge in [-0.25, -0.2) is 0 Å². The molecular formula is C22H34N2O4. The van der Waals surface area contributed by atoms with E-state index in [2.05, 4.69) is 31.3 Å². The molecule has 6 heteroatoms. The first-order valence-corrected chi connectivity index (χ1v) is 9.77. The summed E-state index contributed by atoms with van der Waals surface area (Å²) < 4.78 is 10.6. The number of benzene rings is 1. The molecule has 0 spiro atoms. The Morgan fingerprint density at radius 3 is 2.57 bits per heavy atom. The SMILES string of the molecule is COc1cc(CNC(=O)CCCC/C=C/C(C)C)ccc1OC(=O)CN(C)C. The average Bonchev–Trinajstić information content (AvgIpc) is 2.62. The minimum absolute atomic E-state index is 0.0355. The van der Waals surface area contributed by atoms with Crippen molar-refractivity contribution in [2.45, 2.75) is 46.1 Å². The zero-order chi connectivity index (χ0) is 20.9. The topological polar surface area (TPSA) is 67.9 Å². The van der Waals surface area contributed by atoms with E-state index in [-0.39, 0.29) is 18.4 Å². The number of ether oxygens (including phenoxy) is 2. The van der Waals surface area contributed by atoms with Crippen LogP contribution in [0.5, 0.6) is 11.5 Å². The third-order valence-electron chi connectivity index (χ3n) is 3.93. The normalized spacial score (nSPS) is 11.2. The molecule has 0 aliphatic carbocycles. The molecule has 6 nitrogen and oxygen atoms in total. The van der Waals surface area contributed by atoms with Gasteiger partial charge in [-0.2, -0.15) is 0 Å². The molecule has 156 valence electrons. The highest BCUT2D eigenvalue weighted by Crippen LogP contribution is 2.28. The molecule has 0 aliphatic rings. The van der Waals surface area contributed by atoms with E-state index in [0.717, 1.165) is 24.8 Å². The van der Waals surface area contributed by atoms with Crippen LogP contribution in [0, 0.1) is 5.92 Å². The lowest BCUT2D eigenvalue weighted by Crippen LogP contribution is -2.25. The molecule has 0 heterocycles. The number of methoxy groups -OCH3 is 1. The number of carbonyl (C=O) groups excluding carboxylic acids is 2. The lowest BCUT2D eigenvalue weighted by Gasteiger charge is -2.13. The molecule has 0 radical (unpaired) electrons. The Bertz CT molecular complexity index is 654. The molecule has 0 bridgehead atoms. The molecule has 0 aliphatic heterocycles. The van der Waals surface area contributed by atoms with Gasteiger partial charge in [-0.05, 0) is 57.0 Å². The molecule has 0 unspecified atom stereocenters. The number of hydrogen-bond donors (Lipinski definition) is 1. The highest BCUT2D eigenvalue weighted by atomic mass is 16.6. The van der Waals surface area contributed by atoms with Gasteiger partial charge in [-0.3, -0.25) is 14.5 Å². The van der Waals surface area contributed by atoms with Crippen LogP contribution in [-0.4, -0.2) is 44.5 Å². The first-order chi connectivity index (χ1) is 13.3. The predicted octanol–water partition coefficient (Wildman–Crippen LogP) is 3.55. The van der Waals surface area contributed by atoms with Crippen molar-refractivity contribution in [3.8, 4) is 11.5 Å². The first-order valence-electron chi connectivity index (χ1n) is 9.77. The summed E-state index contributed by atoms with van der Waals surface area (Å²) in [5.41, 5.74) is 0.887. The van der Waals surface area contributed by atoms with Crippen LogP contribution in [0.1, 0.15) is 45.1 Å². The maximum Gasteiger partial charge on any atom is 0.325 e. The third-order valence-corrected chi connectivity index (χ3v) is 3.93. The van der Waals surface area contributed by atoms with Gasteiger partial charge in [0.05, 0.1) is 13.7 Å². The number of esters is 1. The molecule has 28 heavy (non-hydrogen) atoms. The second-order valence-electron chi connectivity index (χ2n) is 7.39. The van der Waals surface area contributed by atoms with E-state index in [9.17, 15) is 9.59 Å². The number of hydrogen-bond acceptors (Lipinski definition) is 5. The molecule has 0 saturated carbocycles. The van der Waals surface area contributed by atoms with Gasteiger partial charge in [0.1, 0.15) is 0 Å². The number of amides is 1. The van der Waals surface area contributed by atoms with Crippen LogP contribution in [0.2, 0.25) is 0 Å². The van der Waals surface area contributed by atoms with Crippen molar-refractivity contribution in [1.29, 1.82) is 0 Å². The van der Waals surface area contributed by atoms with Gasteiger partial charge in [0.25, 0.3) is 0 Å². The number of nitrogens with zero attached hydrogens (tertiary/aromatic N) is 1. The zero-order valence-electron chi connectivity index (χ0n) is 17.8. The van der Waals surface area contributed by atoms with Crippen molar-refractivity contribution in [3.05, 3.63) is 35.9 Å². The summed E-state index contributed by atoms with van der Waals surface area (Å²) >= 11 is 0. The first kappa shape index (κ1) is 23.7. The molecule has 1 amide bonds. The zero-order valence-corrected chi connectivity index (χ0v) is 17.8. The fourth-order valence-corrected chi connectivity index (χ4v) is 2.52. The fraction of sp³-hybridized carbons (Fsp3) is 0.545. The van der Waals surface area contributed by atoms with E-state index in [1.165, 1.54) is 7.11 Å². The minimum Gasteiger partial charge on any atom is -0.493 e. The minimum atomic E-state index is -0.354. The maximum atomic E-state index is 12.0. The van der Waals surface area contributed by atoms with E-state index in [1.54, 1.807) is 31.1 Å². The van der Waals surface area contributed by atoms with Gasteiger partial charge in [0.2, 0.25) is 5.91 Å². The summed E-state index contributed by atoms with van der Waals surface area (Å²) in [4.78, 5) is 25.5. The van der Waals surface area contributed by atoms with Crippen LogP contribution in [0.3, 0.4) is 0 Å². The number of unbranched alkanes of at least 4 members (excludes halogenated alkanes) is 2. The van der Waals surface area contributed by atoms with Crippen molar-refractivity contribution in [3.63, 3.8) is 0 Å². The van der Waals surface area contributed by atoms with Gasteiger partial charge in [0, 0.05) is 13.0 Å². The van der Waals surface area contributed by atoms with E-state index >= 15 is 0 Å². The Kier molecular flexibility index (Phi) is 11.0. The number of carbonyl (C=O) groups is 2. The van der Waals surface area contributed by atoms with Gasteiger partial charge in [0.15, 0.2) is 11.5 Å². The number of rotatable bonds is 12. The maximum absolute atomic E-state index is 12.0. The molecule has 0 atom stereocenters. The Hall–Kier alpha value is -2.34. The summed E-state index contributed by atoms with van der Waals surface area (Å²) in [5.74, 6) is 1.10. The van der Waals surface area contributed by atoms with Crippen LogP contribution in [0.15, 0.2) is 30.4 Å². The number of allylic oxidation sites excluding steroid dienone is 2. The van der Waals surface area contributed by atoms with Crippen molar-refractivity contribution >= 4 is 11.9 Å². The van der Waals surface area contributed by atoms with Crippen molar-refractivity contribution in [2.75, 3.05) is 27.7 Å². The Balaban J connectivity index is 2.43. The van der Waals surface area contributed by atoms with Crippen LogP contribution < -0.4 is 14.8 Å². The molecule has 0 fully saturated rings. The molecule has 1 aromatic carbocycles. The highest BCUT2D eigenvalue weighted by Gasteiger charge is 2.12. The lowest BCUT2D eigenvalue weighted by molar-refractivity contribution is -0.135. The fourth-order valence-electron chi connectivity index (χ4n) is 2.52. The molecule has 1 aromatic rings. The standard InChI is InChI=1S/C22H34N2O4/c1-17(2)10-8-6-7-9-11-21(25)23-15-18-12-13-19(20(14-18)27-5)28-22(26)16-24(3)4/h8,10,12-14,17H,6-7,9,11,15-16H2,1-5H3,(H,23,25)/b10-8+. The van der Waals surface area contributed by atoms with Gasteiger partial charge in [-0.1, -0.05) is 32.1 Å². The van der Waals surface area contributed by atoms with E-state index < -0.39 is 0 Å². The van der Waals surface area contributed by atoms with Gasteiger partial charge < -0.3 is 14.8 Å². The molecule has 1 rings (SSSR count). The van der Waals surface area contributed by atoms with Crippen LogP contribution in [0.25, 0.3) is 0 Å². The second kappa shape index (κ2) is 12.9. The largest absolute Gasteiger partial charge is 0.493 e. The smallest absolute Gasteiger partial charge is 0.325 e. The van der Waals surface area contributed by atoms with Crippen molar-refractivity contribution < 1.29 is 19.1 Å². The Labute approximate surface area is 168 Å². The van der Waals surface area contributed by atoms with E-state index in [0.29, 0.717) is 30.4 Å². The number of likely N-dealkylation sites (N-methyl/N-ethyl adjacent to an activating group) is 1. The summed E-state index contributed by atoms with van der Waals surface area (Å²) in [6.07, 6.45) is 7.79. The summed E-state index contributed by atoms with van der Waals surface area (Å²) in [6, 6.07) is 5.28. The average molecular weight is 391 g/mol. The molecule has 0 aromatic heterocycles. The van der Waals surface area contributed by atoms with E-state index in [1.807, 2.05) is 6.07 Å². The molecular weight excluding hydrogens is 356 g/mol. The quantitative estimate of drug-likeness (QED) is 0.256. The Morgan fingerprint density at radius 2 is 1.93 bits per heavy atom. The van der Waals surface area contributed by atoms with Crippen molar-refractivity contribution in [2.24, 2.45) is 5.92 Å². The van der Waals surface area contributed by atoms with E-state index in [4.69, 9.17) is 9.47 Å². The van der Waals surface area contributed by atoms with Crippen LogP contribution in [-0.2, 0) is 16.1 Å². The summed E-state index contributed by atoms with van der Waals surface area (Å²) in [7, 11) is 5.12. The molecule has 0 saturated heterocycles. The third kappa shape index (κ3) is 10.1. The van der Waals surface area contributed by atoms with Gasteiger partial charge in [-0.15, -0.1) is 0 Å².